The third-order valence-electron chi connectivity index (χ3n) is 5.31. The van der Waals surface area contributed by atoms with Crippen molar-refractivity contribution in [3.63, 3.8) is 0 Å². The summed E-state index contributed by atoms with van der Waals surface area (Å²) in [6.45, 7) is 9.07. The third-order valence-corrected chi connectivity index (χ3v) is 5.31. The highest BCUT2D eigenvalue weighted by atomic mass is 16.3. The van der Waals surface area contributed by atoms with Crippen molar-refractivity contribution in [2.45, 2.75) is 78.0 Å². The summed E-state index contributed by atoms with van der Waals surface area (Å²) in [4.78, 5) is 0. The molecule has 0 radical (unpaired) electrons. The van der Waals surface area contributed by atoms with E-state index in [-0.39, 0.29) is 11.5 Å². The summed E-state index contributed by atoms with van der Waals surface area (Å²) < 4.78 is 0. The summed E-state index contributed by atoms with van der Waals surface area (Å²) in [5, 5.41) is 13.6. The van der Waals surface area contributed by atoms with Gasteiger partial charge in [0.15, 0.2) is 0 Å². The second-order valence-corrected chi connectivity index (χ2v) is 7.16. The van der Waals surface area contributed by atoms with Crippen LogP contribution in [0.15, 0.2) is 0 Å². The fraction of sp³-hybridized carbons (Fsp3) is 1.00. The first-order valence-corrected chi connectivity index (χ1v) is 7.35. The molecule has 0 spiro atoms. The molecule has 2 heteroatoms. The quantitative estimate of drug-likeness (QED) is 0.793. The zero-order valence-corrected chi connectivity index (χ0v) is 11.9. The van der Waals surface area contributed by atoms with Crippen LogP contribution in [0, 0.1) is 17.3 Å². The van der Waals surface area contributed by atoms with E-state index in [0.29, 0.717) is 12.1 Å². The molecule has 2 aliphatic carbocycles. The maximum Gasteiger partial charge on any atom is 0.0621 e. The molecule has 4 unspecified atom stereocenters. The van der Waals surface area contributed by atoms with Gasteiger partial charge in [-0.2, -0.15) is 0 Å². The van der Waals surface area contributed by atoms with E-state index < -0.39 is 0 Å². The van der Waals surface area contributed by atoms with Crippen molar-refractivity contribution in [3.8, 4) is 0 Å². The van der Waals surface area contributed by atoms with E-state index in [0.717, 1.165) is 18.3 Å². The molecule has 0 bridgehead atoms. The molecule has 0 saturated heterocycles. The fourth-order valence-electron chi connectivity index (χ4n) is 3.45. The van der Waals surface area contributed by atoms with Crippen molar-refractivity contribution in [2.75, 3.05) is 0 Å². The number of rotatable bonds is 3. The van der Waals surface area contributed by atoms with Gasteiger partial charge in [0, 0.05) is 17.5 Å². The molecule has 2 fully saturated rings. The Morgan fingerprint density at radius 1 is 1.18 bits per heavy atom. The Bertz CT molecular complexity index is 262. The largest absolute Gasteiger partial charge is 0.392 e. The summed E-state index contributed by atoms with van der Waals surface area (Å²) in [5.74, 6) is 1.72. The molecule has 0 aromatic carbocycles. The van der Waals surface area contributed by atoms with Crippen LogP contribution < -0.4 is 5.32 Å². The molecule has 100 valence electrons. The summed E-state index contributed by atoms with van der Waals surface area (Å²) in [6.07, 6.45) is 6.27. The standard InChI is InChI=1S/C15H29NO/c1-10(2)11-6-5-7-12(8-11)16-13-9-14(17)15(13,3)4/h10-14,16-17H,5-9H2,1-4H3. The van der Waals surface area contributed by atoms with Gasteiger partial charge in [-0.3, -0.25) is 0 Å². The van der Waals surface area contributed by atoms with E-state index in [1.54, 1.807) is 0 Å². The van der Waals surface area contributed by atoms with Gasteiger partial charge in [-0.1, -0.05) is 40.5 Å². The minimum Gasteiger partial charge on any atom is -0.392 e. The lowest BCUT2D eigenvalue weighted by Gasteiger charge is -2.51. The van der Waals surface area contributed by atoms with Gasteiger partial charge in [0.25, 0.3) is 0 Å². The number of hydrogen-bond donors (Lipinski definition) is 2. The number of aliphatic hydroxyl groups is 1. The maximum atomic E-state index is 9.78. The zero-order chi connectivity index (χ0) is 12.6. The van der Waals surface area contributed by atoms with Crippen molar-refractivity contribution < 1.29 is 5.11 Å². The molecule has 4 atom stereocenters. The predicted molar refractivity (Wildman–Crippen MR) is 71.9 cm³/mol. The number of aliphatic hydroxyl groups excluding tert-OH is 1. The van der Waals surface area contributed by atoms with Gasteiger partial charge in [0.1, 0.15) is 0 Å². The highest BCUT2D eigenvalue weighted by molar-refractivity contribution is 5.03. The zero-order valence-electron chi connectivity index (χ0n) is 11.9. The Labute approximate surface area is 106 Å². The van der Waals surface area contributed by atoms with Crippen LogP contribution in [0.2, 0.25) is 0 Å². The van der Waals surface area contributed by atoms with Crippen molar-refractivity contribution in [3.05, 3.63) is 0 Å². The van der Waals surface area contributed by atoms with Crippen LogP contribution in [0.1, 0.15) is 59.8 Å². The van der Waals surface area contributed by atoms with Gasteiger partial charge in [-0.25, -0.2) is 0 Å². The molecule has 2 N–H and O–H groups in total. The SMILES string of the molecule is CC(C)C1CCCC(NC2CC(O)C2(C)C)C1. The van der Waals surface area contributed by atoms with E-state index in [4.69, 9.17) is 0 Å². The average molecular weight is 239 g/mol. The Kier molecular flexibility index (Phi) is 3.84. The normalized spacial score (nSPS) is 41.3. The average Bonchev–Trinajstić information content (AvgIpc) is 2.29. The van der Waals surface area contributed by atoms with Crippen LogP contribution in [0.5, 0.6) is 0 Å². The first kappa shape index (κ1) is 13.4. The molecule has 0 aromatic heterocycles. The summed E-state index contributed by atoms with van der Waals surface area (Å²) >= 11 is 0. The molecular formula is C15H29NO. The van der Waals surface area contributed by atoms with Crippen LogP contribution in [0.3, 0.4) is 0 Å². The van der Waals surface area contributed by atoms with Crippen molar-refractivity contribution in [2.24, 2.45) is 17.3 Å². The predicted octanol–water partition coefficient (Wildman–Crippen LogP) is 2.95. The van der Waals surface area contributed by atoms with Crippen molar-refractivity contribution in [1.29, 1.82) is 0 Å². The molecule has 17 heavy (non-hydrogen) atoms. The van der Waals surface area contributed by atoms with Gasteiger partial charge >= 0.3 is 0 Å². The first-order valence-electron chi connectivity index (χ1n) is 7.35. The van der Waals surface area contributed by atoms with Gasteiger partial charge in [-0.05, 0) is 31.1 Å². The highest BCUT2D eigenvalue weighted by Crippen LogP contribution is 2.41. The fourth-order valence-corrected chi connectivity index (χ4v) is 3.45. The molecule has 0 aliphatic heterocycles. The van der Waals surface area contributed by atoms with Gasteiger partial charge in [0.2, 0.25) is 0 Å². The monoisotopic (exact) mass is 239 g/mol. The van der Waals surface area contributed by atoms with E-state index in [1.807, 2.05) is 0 Å². The van der Waals surface area contributed by atoms with Crippen LogP contribution in [0.4, 0.5) is 0 Å². The maximum absolute atomic E-state index is 9.78. The van der Waals surface area contributed by atoms with E-state index in [9.17, 15) is 5.11 Å². The molecule has 2 saturated carbocycles. The Morgan fingerprint density at radius 2 is 1.88 bits per heavy atom. The first-order chi connectivity index (χ1) is 7.91. The van der Waals surface area contributed by atoms with Gasteiger partial charge in [-0.15, -0.1) is 0 Å². The van der Waals surface area contributed by atoms with Crippen LogP contribution >= 0.6 is 0 Å². The molecule has 2 rings (SSSR count). The van der Waals surface area contributed by atoms with E-state index in [2.05, 4.69) is 33.0 Å². The van der Waals surface area contributed by atoms with Crippen molar-refractivity contribution in [1.82, 2.24) is 5.32 Å². The minimum atomic E-state index is -0.107. The minimum absolute atomic E-state index is 0.0742. The summed E-state index contributed by atoms with van der Waals surface area (Å²) in [7, 11) is 0. The topological polar surface area (TPSA) is 32.3 Å². The molecule has 2 nitrogen and oxygen atoms in total. The number of hydrogen-bond acceptors (Lipinski definition) is 2. The van der Waals surface area contributed by atoms with Crippen LogP contribution in [-0.2, 0) is 0 Å². The van der Waals surface area contributed by atoms with E-state index in [1.165, 1.54) is 25.7 Å². The molecule has 0 heterocycles. The summed E-state index contributed by atoms with van der Waals surface area (Å²) in [5.41, 5.74) is 0.0742. The lowest BCUT2D eigenvalue weighted by Crippen LogP contribution is -2.62. The Hall–Kier alpha value is -0.0800. The number of nitrogens with one attached hydrogen (secondary N) is 1. The molecule has 0 aromatic rings. The van der Waals surface area contributed by atoms with Crippen LogP contribution in [-0.4, -0.2) is 23.3 Å². The van der Waals surface area contributed by atoms with Crippen LogP contribution in [0.25, 0.3) is 0 Å². The molecule has 0 amide bonds. The second-order valence-electron chi connectivity index (χ2n) is 7.16. The van der Waals surface area contributed by atoms with Gasteiger partial charge < -0.3 is 10.4 Å². The lowest BCUT2D eigenvalue weighted by molar-refractivity contribution is -0.0779. The second kappa shape index (κ2) is 4.89. The van der Waals surface area contributed by atoms with E-state index >= 15 is 0 Å². The Morgan fingerprint density at radius 3 is 2.41 bits per heavy atom. The lowest BCUT2D eigenvalue weighted by atomic mass is 9.64. The van der Waals surface area contributed by atoms with Gasteiger partial charge in [0.05, 0.1) is 6.10 Å². The Balaban J connectivity index is 1.84. The molecule has 2 aliphatic rings. The third kappa shape index (κ3) is 2.68. The molecular weight excluding hydrogens is 210 g/mol. The summed E-state index contributed by atoms with van der Waals surface area (Å²) in [6, 6.07) is 1.21. The van der Waals surface area contributed by atoms with Crippen molar-refractivity contribution >= 4 is 0 Å². The smallest absolute Gasteiger partial charge is 0.0621 e. The highest BCUT2D eigenvalue weighted by Gasteiger charge is 2.47.